The van der Waals surface area contributed by atoms with Gasteiger partial charge in [0.05, 0.1) is 11.8 Å². The fourth-order valence-electron chi connectivity index (χ4n) is 2.25. The van der Waals surface area contributed by atoms with Gasteiger partial charge >= 0.3 is 0 Å². The first kappa shape index (κ1) is 15.0. The van der Waals surface area contributed by atoms with E-state index in [0.29, 0.717) is 31.6 Å². The van der Waals surface area contributed by atoms with Crippen LogP contribution in [-0.2, 0) is 0 Å². The number of halogens is 1. The molecule has 1 aromatic rings. The molecule has 114 valence electrons. The number of rotatable bonds is 2. The summed E-state index contributed by atoms with van der Waals surface area (Å²) < 4.78 is 14.0. The Kier molecular flexibility index (Phi) is 4.59. The average molecular weight is 294 g/mol. The number of aliphatic imine (C=N–C) groups is 2. The second kappa shape index (κ2) is 6.40. The first-order valence-electron chi connectivity index (χ1n) is 6.62. The Labute approximate surface area is 122 Å². The summed E-state index contributed by atoms with van der Waals surface area (Å²) in [5.41, 5.74) is 16.7. The zero-order valence-electron chi connectivity index (χ0n) is 11.5. The maximum Gasteiger partial charge on any atom is 0.223 e. The molecule has 21 heavy (non-hydrogen) atoms. The monoisotopic (exact) mass is 294 g/mol. The zero-order valence-corrected chi connectivity index (χ0v) is 11.5. The van der Waals surface area contributed by atoms with E-state index in [1.807, 2.05) is 4.90 Å². The first-order valence-corrected chi connectivity index (χ1v) is 6.62. The molecular formula is C13H19FN6O. The SMILES string of the molecule is NC(N)=NC(N)=Nc1c(F)cccc1N1CCC(O)CC1. The Morgan fingerprint density at radius 1 is 1.24 bits per heavy atom. The lowest BCUT2D eigenvalue weighted by Gasteiger charge is -2.32. The minimum absolute atomic E-state index is 0.0939. The number of guanidine groups is 2. The highest BCUT2D eigenvalue weighted by Gasteiger charge is 2.21. The molecule has 1 fully saturated rings. The van der Waals surface area contributed by atoms with Crippen LogP contribution < -0.4 is 22.1 Å². The number of anilines is 1. The van der Waals surface area contributed by atoms with Crippen molar-refractivity contribution in [1.29, 1.82) is 0 Å². The molecular weight excluding hydrogens is 275 g/mol. The Morgan fingerprint density at radius 2 is 1.90 bits per heavy atom. The lowest BCUT2D eigenvalue weighted by Crippen LogP contribution is -2.36. The van der Waals surface area contributed by atoms with Gasteiger partial charge in [0, 0.05) is 13.1 Å². The second-order valence-corrected chi connectivity index (χ2v) is 4.83. The fourth-order valence-corrected chi connectivity index (χ4v) is 2.25. The van der Waals surface area contributed by atoms with E-state index in [2.05, 4.69) is 9.98 Å². The Bertz CT molecular complexity index is 562. The molecule has 8 heteroatoms. The van der Waals surface area contributed by atoms with Gasteiger partial charge in [-0.2, -0.15) is 4.99 Å². The second-order valence-electron chi connectivity index (χ2n) is 4.83. The molecule has 0 radical (unpaired) electrons. The van der Waals surface area contributed by atoms with Gasteiger partial charge < -0.3 is 27.2 Å². The summed E-state index contributed by atoms with van der Waals surface area (Å²) in [5, 5.41) is 9.55. The third-order valence-corrected chi connectivity index (χ3v) is 3.24. The number of para-hydroxylation sites is 1. The highest BCUT2D eigenvalue weighted by atomic mass is 19.1. The number of aliphatic hydroxyl groups is 1. The highest BCUT2D eigenvalue weighted by molar-refractivity contribution is 5.94. The highest BCUT2D eigenvalue weighted by Crippen LogP contribution is 2.33. The predicted molar refractivity (Wildman–Crippen MR) is 80.9 cm³/mol. The van der Waals surface area contributed by atoms with Crippen LogP contribution in [0.1, 0.15) is 12.8 Å². The number of aliphatic hydroxyl groups excluding tert-OH is 1. The third kappa shape index (κ3) is 3.82. The van der Waals surface area contributed by atoms with Gasteiger partial charge in [-0.3, -0.25) is 0 Å². The Morgan fingerprint density at radius 3 is 2.52 bits per heavy atom. The summed E-state index contributed by atoms with van der Waals surface area (Å²) in [5.74, 6) is -0.957. The van der Waals surface area contributed by atoms with Crippen molar-refractivity contribution in [2.45, 2.75) is 18.9 Å². The van der Waals surface area contributed by atoms with Crippen molar-refractivity contribution >= 4 is 23.3 Å². The lowest BCUT2D eigenvalue weighted by molar-refractivity contribution is 0.145. The van der Waals surface area contributed by atoms with Gasteiger partial charge in [-0.05, 0) is 25.0 Å². The summed E-state index contributed by atoms with van der Waals surface area (Å²) in [6.45, 7) is 1.24. The van der Waals surface area contributed by atoms with Gasteiger partial charge in [0.25, 0.3) is 0 Å². The van der Waals surface area contributed by atoms with Crippen LogP contribution in [0, 0.1) is 5.82 Å². The minimum atomic E-state index is -0.507. The smallest absolute Gasteiger partial charge is 0.223 e. The van der Waals surface area contributed by atoms with E-state index in [1.165, 1.54) is 6.07 Å². The van der Waals surface area contributed by atoms with Gasteiger partial charge in [0.2, 0.25) is 5.96 Å². The van der Waals surface area contributed by atoms with Crippen LogP contribution >= 0.6 is 0 Å². The minimum Gasteiger partial charge on any atom is -0.393 e. The largest absolute Gasteiger partial charge is 0.393 e. The summed E-state index contributed by atoms with van der Waals surface area (Å²) in [7, 11) is 0. The zero-order chi connectivity index (χ0) is 15.4. The van der Waals surface area contributed by atoms with E-state index in [4.69, 9.17) is 17.2 Å². The van der Waals surface area contributed by atoms with Crippen molar-refractivity contribution in [3.8, 4) is 0 Å². The molecule has 0 amide bonds. The number of nitrogens with zero attached hydrogens (tertiary/aromatic N) is 3. The molecule has 0 aliphatic carbocycles. The Hall–Kier alpha value is -2.35. The number of hydrogen-bond acceptors (Lipinski definition) is 3. The summed E-state index contributed by atoms with van der Waals surface area (Å²) >= 11 is 0. The van der Waals surface area contributed by atoms with E-state index in [1.54, 1.807) is 12.1 Å². The van der Waals surface area contributed by atoms with E-state index in [-0.39, 0.29) is 23.7 Å². The molecule has 1 aromatic carbocycles. The number of piperidine rings is 1. The van der Waals surface area contributed by atoms with Crippen LogP contribution in [0.5, 0.6) is 0 Å². The van der Waals surface area contributed by atoms with Crippen LogP contribution in [0.25, 0.3) is 0 Å². The van der Waals surface area contributed by atoms with Crippen molar-refractivity contribution in [2.24, 2.45) is 27.2 Å². The van der Waals surface area contributed by atoms with E-state index < -0.39 is 5.82 Å². The quantitative estimate of drug-likeness (QED) is 0.451. The van der Waals surface area contributed by atoms with Crippen LogP contribution in [0.2, 0.25) is 0 Å². The molecule has 0 atom stereocenters. The topological polar surface area (TPSA) is 126 Å². The van der Waals surface area contributed by atoms with Gasteiger partial charge in [-0.15, -0.1) is 0 Å². The van der Waals surface area contributed by atoms with Crippen LogP contribution in [0.3, 0.4) is 0 Å². The summed E-state index contributed by atoms with van der Waals surface area (Å²) in [4.78, 5) is 9.50. The van der Waals surface area contributed by atoms with Gasteiger partial charge in [-0.25, -0.2) is 9.38 Å². The first-order chi connectivity index (χ1) is 9.97. The molecule has 1 heterocycles. The molecule has 1 aliphatic rings. The molecule has 1 aliphatic heterocycles. The number of nitrogens with two attached hydrogens (primary N) is 3. The van der Waals surface area contributed by atoms with Crippen molar-refractivity contribution < 1.29 is 9.50 Å². The molecule has 0 bridgehead atoms. The van der Waals surface area contributed by atoms with Crippen LogP contribution in [0.15, 0.2) is 28.2 Å². The van der Waals surface area contributed by atoms with Crippen molar-refractivity contribution in [3.05, 3.63) is 24.0 Å². The normalized spacial score (nSPS) is 16.9. The Balaban J connectivity index is 2.34. The molecule has 1 saturated heterocycles. The van der Waals surface area contributed by atoms with Crippen molar-refractivity contribution in [3.63, 3.8) is 0 Å². The van der Waals surface area contributed by atoms with Gasteiger partial charge in [0.1, 0.15) is 5.69 Å². The maximum atomic E-state index is 14.0. The molecule has 2 rings (SSSR count). The fraction of sp³-hybridized carbons (Fsp3) is 0.385. The van der Waals surface area contributed by atoms with E-state index in [9.17, 15) is 9.50 Å². The van der Waals surface area contributed by atoms with Crippen molar-refractivity contribution in [1.82, 2.24) is 0 Å². The summed E-state index contributed by atoms with van der Waals surface area (Å²) in [6.07, 6.45) is 0.944. The third-order valence-electron chi connectivity index (χ3n) is 3.24. The van der Waals surface area contributed by atoms with E-state index in [0.717, 1.165) is 0 Å². The van der Waals surface area contributed by atoms with Crippen LogP contribution in [0.4, 0.5) is 15.8 Å². The molecule has 0 saturated carbocycles. The van der Waals surface area contributed by atoms with Gasteiger partial charge in [-0.1, -0.05) is 6.07 Å². The maximum absolute atomic E-state index is 14.0. The molecule has 0 aromatic heterocycles. The number of hydrogen-bond donors (Lipinski definition) is 4. The number of benzene rings is 1. The molecule has 0 spiro atoms. The average Bonchev–Trinajstić information content (AvgIpc) is 2.41. The van der Waals surface area contributed by atoms with Crippen molar-refractivity contribution in [2.75, 3.05) is 18.0 Å². The molecule has 7 N–H and O–H groups in total. The molecule has 0 unspecified atom stereocenters. The van der Waals surface area contributed by atoms with Gasteiger partial charge in [0.15, 0.2) is 11.8 Å². The predicted octanol–water partition coefficient (Wildman–Crippen LogP) is 0.00640. The lowest BCUT2D eigenvalue weighted by atomic mass is 10.1. The van der Waals surface area contributed by atoms with E-state index >= 15 is 0 Å². The summed E-state index contributed by atoms with van der Waals surface area (Å²) in [6, 6.07) is 4.65. The molecule has 7 nitrogen and oxygen atoms in total. The standard InChI is InChI=1S/C13H19FN6O/c14-9-2-1-3-10(20-6-4-8(21)5-7-20)11(9)18-13(17)19-12(15)16/h1-3,8,21H,4-7H2,(H6,15,16,17,18,19). The van der Waals surface area contributed by atoms with Crippen LogP contribution in [-0.4, -0.2) is 36.2 Å².